The lowest BCUT2D eigenvalue weighted by Gasteiger charge is -2.35. The highest BCUT2D eigenvalue weighted by atomic mass is 16.5. The highest BCUT2D eigenvalue weighted by molar-refractivity contribution is 5.96. The Hall–Kier alpha value is -2.14. The minimum atomic E-state index is -0.566. The van der Waals surface area contributed by atoms with E-state index in [0.717, 1.165) is 11.8 Å². The smallest absolute Gasteiger partial charge is 0.349 e. The van der Waals surface area contributed by atoms with Crippen LogP contribution in [-0.2, 0) is 4.74 Å². The zero-order valence-corrected chi connectivity index (χ0v) is 15.0. The lowest BCUT2D eigenvalue weighted by Crippen LogP contribution is -2.47. The fraction of sp³-hybridized carbons (Fsp3) is 0.524. The number of rotatable bonds is 3. The summed E-state index contributed by atoms with van der Waals surface area (Å²) in [5.74, 6) is 0.455. The molecule has 138 valence electrons. The molecule has 0 unspecified atom stereocenters. The molecule has 1 aromatic carbocycles. The van der Waals surface area contributed by atoms with Gasteiger partial charge in [0.25, 0.3) is 5.91 Å². The lowest BCUT2D eigenvalue weighted by atomic mass is 9.85. The largest absolute Gasteiger partial charge is 0.422 e. The minimum absolute atomic E-state index is 0.0725. The van der Waals surface area contributed by atoms with E-state index in [-0.39, 0.29) is 17.6 Å². The number of nitrogens with zero attached hydrogens (tertiary/aromatic N) is 1. The van der Waals surface area contributed by atoms with E-state index in [0.29, 0.717) is 31.2 Å². The normalized spacial score (nSPS) is 21.8. The molecule has 1 aliphatic carbocycles. The summed E-state index contributed by atoms with van der Waals surface area (Å²) in [7, 11) is 0. The first-order valence-electron chi connectivity index (χ1n) is 9.64. The molecule has 1 saturated heterocycles. The van der Waals surface area contributed by atoms with E-state index in [1.807, 2.05) is 18.2 Å². The number of fused-ring (bicyclic) bond motifs is 1. The van der Waals surface area contributed by atoms with Gasteiger partial charge in [-0.3, -0.25) is 4.79 Å². The van der Waals surface area contributed by atoms with Crippen LogP contribution < -0.4 is 5.63 Å². The van der Waals surface area contributed by atoms with Crippen LogP contribution in [0.5, 0.6) is 0 Å². The van der Waals surface area contributed by atoms with Crippen molar-refractivity contribution >= 4 is 16.9 Å². The van der Waals surface area contributed by atoms with Crippen molar-refractivity contribution in [1.29, 1.82) is 0 Å². The van der Waals surface area contributed by atoms with Gasteiger partial charge in [0.2, 0.25) is 0 Å². The maximum atomic E-state index is 12.9. The Morgan fingerprint density at radius 1 is 1.15 bits per heavy atom. The molecule has 1 aromatic heterocycles. The van der Waals surface area contributed by atoms with Crippen LogP contribution in [-0.4, -0.2) is 36.6 Å². The van der Waals surface area contributed by atoms with Gasteiger partial charge >= 0.3 is 5.63 Å². The first kappa shape index (κ1) is 17.3. The van der Waals surface area contributed by atoms with E-state index in [4.69, 9.17) is 9.15 Å². The van der Waals surface area contributed by atoms with Gasteiger partial charge in [0, 0.05) is 18.5 Å². The molecule has 2 fully saturated rings. The van der Waals surface area contributed by atoms with Crippen molar-refractivity contribution in [1.82, 2.24) is 4.90 Å². The zero-order valence-electron chi connectivity index (χ0n) is 15.0. The lowest BCUT2D eigenvalue weighted by molar-refractivity contribution is -0.0338. The molecule has 0 bridgehead atoms. The van der Waals surface area contributed by atoms with Crippen LogP contribution >= 0.6 is 0 Å². The first-order valence-corrected chi connectivity index (χ1v) is 9.64. The molecule has 2 aromatic rings. The number of hydrogen-bond donors (Lipinski definition) is 0. The van der Waals surface area contributed by atoms with E-state index < -0.39 is 5.63 Å². The molecule has 1 saturated carbocycles. The highest BCUT2D eigenvalue weighted by Crippen LogP contribution is 2.29. The summed E-state index contributed by atoms with van der Waals surface area (Å²) < 4.78 is 11.2. The van der Waals surface area contributed by atoms with Gasteiger partial charge < -0.3 is 14.1 Å². The molecule has 1 aliphatic heterocycles. The molecule has 4 rings (SSSR count). The van der Waals surface area contributed by atoms with Crippen molar-refractivity contribution in [3.63, 3.8) is 0 Å². The molecule has 5 heteroatoms. The number of carbonyl (C=O) groups excluding carboxylic acids is 1. The second-order valence-corrected chi connectivity index (χ2v) is 7.47. The van der Waals surface area contributed by atoms with Crippen molar-refractivity contribution < 1.29 is 13.9 Å². The van der Waals surface area contributed by atoms with Crippen LogP contribution in [0.4, 0.5) is 0 Å². The minimum Gasteiger partial charge on any atom is -0.422 e. The summed E-state index contributed by atoms with van der Waals surface area (Å²) in [6, 6.07) is 8.91. The van der Waals surface area contributed by atoms with Crippen molar-refractivity contribution in [2.75, 3.05) is 19.7 Å². The summed E-state index contributed by atoms with van der Waals surface area (Å²) in [6.07, 6.45) is 7.56. The van der Waals surface area contributed by atoms with Gasteiger partial charge in [0.15, 0.2) is 0 Å². The Morgan fingerprint density at radius 3 is 2.81 bits per heavy atom. The second-order valence-electron chi connectivity index (χ2n) is 7.47. The van der Waals surface area contributed by atoms with Crippen molar-refractivity contribution in [2.24, 2.45) is 5.92 Å². The summed E-state index contributed by atoms with van der Waals surface area (Å²) in [6.45, 7) is 1.61. The number of ether oxygens (including phenoxy) is 1. The average Bonchev–Trinajstić information content (AvgIpc) is 2.68. The van der Waals surface area contributed by atoms with Crippen LogP contribution in [0.15, 0.2) is 39.5 Å². The predicted molar refractivity (Wildman–Crippen MR) is 99.3 cm³/mol. The van der Waals surface area contributed by atoms with Crippen LogP contribution in [0.3, 0.4) is 0 Å². The molecule has 0 spiro atoms. The molecule has 2 heterocycles. The van der Waals surface area contributed by atoms with Gasteiger partial charge in [-0.2, -0.15) is 0 Å². The third-order valence-electron chi connectivity index (χ3n) is 5.62. The molecule has 2 aliphatic rings. The number of benzene rings is 1. The Morgan fingerprint density at radius 2 is 1.96 bits per heavy atom. The first-order chi connectivity index (χ1) is 12.7. The molecular formula is C21H25NO4. The van der Waals surface area contributed by atoms with Crippen molar-refractivity contribution in [3.05, 3.63) is 46.3 Å². The second kappa shape index (κ2) is 7.62. The SMILES string of the molecule is O=C(c1cc2ccccc2oc1=O)N1CCO[C@@H](CC2CCCCC2)C1. The van der Waals surface area contributed by atoms with Gasteiger partial charge in [-0.1, -0.05) is 50.3 Å². The van der Waals surface area contributed by atoms with Crippen LogP contribution in [0.2, 0.25) is 0 Å². The summed E-state index contributed by atoms with van der Waals surface area (Å²) in [5.41, 5.74) is 0.0530. The van der Waals surface area contributed by atoms with E-state index in [2.05, 4.69) is 0 Å². The van der Waals surface area contributed by atoms with Crippen LogP contribution in [0, 0.1) is 5.92 Å². The average molecular weight is 355 g/mol. The van der Waals surface area contributed by atoms with E-state index in [1.54, 1.807) is 17.0 Å². The Labute approximate surface area is 152 Å². The molecular weight excluding hydrogens is 330 g/mol. The molecule has 1 atom stereocenters. The Balaban J connectivity index is 1.48. The number of morpholine rings is 1. The molecule has 0 radical (unpaired) electrons. The monoisotopic (exact) mass is 355 g/mol. The number of carbonyl (C=O) groups is 1. The van der Waals surface area contributed by atoms with Crippen LogP contribution in [0.1, 0.15) is 48.9 Å². The summed E-state index contributed by atoms with van der Waals surface area (Å²) in [4.78, 5) is 26.9. The molecule has 1 amide bonds. The third-order valence-corrected chi connectivity index (χ3v) is 5.62. The maximum Gasteiger partial charge on any atom is 0.349 e. The molecule has 26 heavy (non-hydrogen) atoms. The fourth-order valence-electron chi connectivity index (χ4n) is 4.22. The van der Waals surface area contributed by atoms with Crippen molar-refractivity contribution in [3.8, 4) is 0 Å². The maximum absolute atomic E-state index is 12.9. The van der Waals surface area contributed by atoms with Gasteiger partial charge in [-0.25, -0.2) is 4.79 Å². The van der Waals surface area contributed by atoms with Crippen LogP contribution in [0.25, 0.3) is 11.0 Å². The van der Waals surface area contributed by atoms with Gasteiger partial charge in [-0.15, -0.1) is 0 Å². The Kier molecular flexibility index (Phi) is 5.07. The van der Waals surface area contributed by atoms with Gasteiger partial charge in [0.05, 0.1) is 12.7 Å². The van der Waals surface area contributed by atoms with E-state index >= 15 is 0 Å². The van der Waals surface area contributed by atoms with Gasteiger partial charge in [0.1, 0.15) is 11.1 Å². The van der Waals surface area contributed by atoms with Gasteiger partial charge in [-0.05, 0) is 24.5 Å². The van der Waals surface area contributed by atoms with E-state index in [1.165, 1.54) is 32.1 Å². The summed E-state index contributed by atoms with van der Waals surface area (Å²) >= 11 is 0. The molecule has 5 nitrogen and oxygen atoms in total. The topological polar surface area (TPSA) is 59.8 Å². The third kappa shape index (κ3) is 3.68. The fourth-order valence-corrected chi connectivity index (χ4v) is 4.22. The molecule has 0 N–H and O–H groups in total. The summed E-state index contributed by atoms with van der Waals surface area (Å²) in [5, 5.41) is 0.766. The van der Waals surface area contributed by atoms with Crippen molar-refractivity contribution in [2.45, 2.75) is 44.6 Å². The number of amides is 1. The Bertz CT molecular complexity index is 837. The quantitative estimate of drug-likeness (QED) is 0.789. The standard InChI is InChI=1S/C21H25NO4/c23-20(18-13-16-8-4-5-9-19(16)26-21(18)24)22-10-11-25-17(14-22)12-15-6-2-1-3-7-15/h4-5,8-9,13,15,17H,1-3,6-7,10-12,14H2/t17-/m0/s1. The number of para-hydroxylation sites is 1. The predicted octanol–water partition coefficient (Wildman–Crippen LogP) is 3.60. The highest BCUT2D eigenvalue weighted by Gasteiger charge is 2.29. The zero-order chi connectivity index (χ0) is 17.9. The number of hydrogen-bond acceptors (Lipinski definition) is 4. The van der Waals surface area contributed by atoms with E-state index in [9.17, 15) is 9.59 Å².